The normalized spacial score (nSPS) is 21.6. The zero-order chi connectivity index (χ0) is 7.98. The molecule has 0 aromatic heterocycles. The van der Waals surface area contributed by atoms with Gasteiger partial charge in [-0.1, -0.05) is 26.0 Å². The molecule has 0 spiro atoms. The van der Waals surface area contributed by atoms with E-state index in [1.54, 1.807) is 6.08 Å². The molecule has 58 valence electrons. The highest BCUT2D eigenvalue weighted by molar-refractivity contribution is 5.72. The van der Waals surface area contributed by atoms with Gasteiger partial charge in [-0.15, -0.1) is 0 Å². The van der Waals surface area contributed by atoms with Crippen molar-refractivity contribution in [2.45, 2.75) is 26.7 Å². The Labute approximate surface area is 61.6 Å². The third-order valence-corrected chi connectivity index (χ3v) is 1.33. The number of carbonyl (C=O) groups is 1. The molecule has 0 saturated carbocycles. The Hall–Kier alpha value is -0.790. The fourth-order valence-corrected chi connectivity index (χ4v) is 0.838. The molecule has 0 fully saturated rings. The summed E-state index contributed by atoms with van der Waals surface area (Å²) in [7, 11) is 0. The summed E-state index contributed by atoms with van der Waals surface area (Å²) in [5, 5.41) is 8.36. The molecule has 1 atom stereocenters. The van der Waals surface area contributed by atoms with Crippen LogP contribution in [-0.4, -0.2) is 11.1 Å². The number of carboxylic acid groups (broad SMARTS) is 1. The number of aliphatic carboxylic acids is 1. The maximum absolute atomic E-state index is 10.2. The summed E-state index contributed by atoms with van der Waals surface area (Å²) < 4.78 is 0. The van der Waals surface area contributed by atoms with Gasteiger partial charge in [0.25, 0.3) is 0 Å². The minimum absolute atomic E-state index is 0.199. The molecule has 0 aromatic rings. The average Bonchev–Trinajstić information content (AvgIpc) is 2.42. The molecule has 0 saturated heterocycles. The number of rotatable bonds is 1. The minimum Gasteiger partial charge on any atom is -0.481 e. The van der Waals surface area contributed by atoms with Crippen LogP contribution in [0.1, 0.15) is 26.7 Å². The zero-order valence-electron chi connectivity index (χ0n) is 6.50. The predicted molar refractivity (Wildman–Crippen MR) is 40.8 cm³/mol. The number of hydrogen-bond acceptors (Lipinski definition) is 1. The molecule has 1 aliphatic rings. The SMILES string of the molecule is CC.O=C(O)C1C=CCC1. The minimum atomic E-state index is -0.696. The van der Waals surface area contributed by atoms with Gasteiger partial charge in [0.15, 0.2) is 0 Å². The van der Waals surface area contributed by atoms with Crippen LogP contribution in [0.3, 0.4) is 0 Å². The molecule has 0 aliphatic heterocycles. The smallest absolute Gasteiger partial charge is 0.310 e. The summed E-state index contributed by atoms with van der Waals surface area (Å²) >= 11 is 0. The first kappa shape index (κ1) is 9.21. The van der Waals surface area contributed by atoms with Crippen molar-refractivity contribution >= 4 is 5.97 Å². The molecule has 1 rings (SSSR count). The van der Waals surface area contributed by atoms with Crippen LogP contribution in [0.25, 0.3) is 0 Å². The molecule has 1 aliphatic carbocycles. The van der Waals surface area contributed by atoms with Crippen molar-refractivity contribution in [3.63, 3.8) is 0 Å². The van der Waals surface area contributed by atoms with Gasteiger partial charge in [-0.05, 0) is 12.8 Å². The fourth-order valence-electron chi connectivity index (χ4n) is 0.838. The first-order chi connectivity index (χ1) is 4.80. The van der Waals surface area contributed by atoms with Crippen LogP contribution in [-0.2, 0) is 4.79 Å². The number of hydrogen-bond donors (Lipinski definition) is 1. The predicted octanol–water partition coefficient (Wildman–Crippen LogP) is 2.06. The lowest BCUT2D eigenvalue weighted by Gasteiger charge is -1.95. The van der Waals surface area contributed by atoms with Gasteiger partial charge in [-0.3, -0.25) is 4.79 Å². The lowest BCUT2D eigenvalue weighted by molar-refractivity contribution is -0.140. The van der Waals surface area contributed by atoms with E-state index in [2.05, 4.69) is 0 Å². The summed E-state index contributed by atoms with van der Waals surface area (Å²) in [6.07, 6.45) is 5.38. The average molecular weight is 142 g/mol. The molecule has 1 unspecified atom stereocenters. The van der Waals surface area contributed by atoms with E-state index in [-0.39, 0.29) is 5.92 Å². The standard InChI is InChI=1S/C6H8O2.C2H6/c7-6(8)5-3-1-2-4-5;1-2/h1,3,5H,2,4H2,(H,7,8);1-2H3. The molecule has 0 aromatic carbocycles. The second-order valence-corrected chi connectivity index (χ2v) is 1.95. The Kier molecular flexibility index (Phi) is 4.63. The first-order valence-corrected chi connectivity index (χ1v) is 3.70. The summed E-state index contributed by atoms with van der Waals surface area (Å²) in [5.74, 6) is -0.895. The molecule has 2 nitrogen and oxygen atoms in total. The largest absolute Gasteiger partial charge is 0.481 e. The van der Waals surface area contributed by atoms with Crippen molar-refractivity contribution in [3.05, 3.63) is 12.2 Å². The summed E-state index contributed by atoms with van der Waals surface area (Å²) in [6, 6.07) is 0. The van der Waals surface area contributed by atoms with Crippen LogP contribution in [0.15, 0.2) is 12.2 Å². The molecular weight excluding hydrogens is 128 g/mol. The van der Waals surface area contributed by atoms with E-state index in [1.807, 2.05) is 19.9 Å². The summed E-state index contributed by atoms with van der Waals surface area (Å²) in [4.78, 5) is 10.2. The van der Waals surface area contributed by atoms with E-state index < -0.39 is 5.97 Å². The van der Waals surface area contributed by atoms with E-state index in [1.165, 1.54) is 0 Å². The van der Waals surface area contributed by atoms with Gasteiger partial charge in [-0.2, -0.15) is 0 Å². The van der Waals surface area contributed by atoms with Gasteiger partial charge in [0.05, 0.1) is 5.92 Å². The highest BCUT2D eigenvalue weighted by Crippen LogP contribution is 2.15. The van der Waals surface area contributed by atoms with Gasteiger partial charge < -0.3 is 5.11 Å². The third kappa shape index (κ3) is 2.67. The van der Waals surface area contributed by atoms with Crippen LogP contribution in [0.4, 0.5) is 0 Å². The monoisotopic (exact) mass is 142 g/mol. The third-order valence-electron chi connectivity index (χ3n) is 1.33. The Morgan fingerprint density at radius 2 is 2.20 bits per heavy atom. The second-order valence-electron chi connectivity index (χ2n) is 1.95. The lowest BCUT2D eigenvalue weighted by atomic mass is 10.1. The molecule has 0 amide bonds. The lowest BCUT2D eigenvalue weighted by Crippen LogP contribution is -2.06. The van der Waals surface area contributed by atoms with Crippen molar-refractivity contribution in [2.75, 3.05) is 0 Å². The highest BCUT2D eigenvalue weighted by atomic mass is 16.4. The Bertz CT molecular complexity index is 127. The van der Waals surface area contributed by atoms with Crippen molar-refractivity contribution in [3.8, 4) is 0 Å². The Morgan fingerprint density at radius 3 is 2.40 bits per heavy atom. The Morgan fingerprint density at radius 1 is 1.60 bits per heavy atom. The highest BCUT2D eigenvalue weighted by Gasteiger charge is 2.15. The van der Waals surface area contributed by atoms with E-state index in [0.717, 1.165) is 12.8 Å². The van der Waals surface area contributed by atoms with Gasteiger partial charge in [0, 0.05) is 0 Å². The van der Waals surface area contributed by atoms with Crippen LogP contribution < -0.4 is 0 Å². The second kappa shape index (κ2) is 5.03. The number of allylic oxidation sites excluding steroid dienone is 1. The van der Waals surface area contributed by atoms with E-state index in [0.29, 0.717) is 0 Å². The summed E-state index contributed by atoms with van der Waals surface area (Å²) in [5.41, 5.74) is 0. The van der Waals surface area contributed by atoms with Crippen LogP contribution >= 0.6 is 0 Å². The maximum atomic E-state index is 10.2. The fraction of sp³-hybridized carbons (Fsp3) is 0.625. The molecule has 0 heterocycles. The quantitative estimate of drug-likeness (QED) is 0.569. The maximum Gasteiger partial charge on any atom is 0.310 e. The van der Waals surface area contributed by atoms with Gasteiger partial charge in [-0.25, -0.2) is 0 Å². The molecule has 10 heavy (non-hydrogen) atoms. The van der Waals surface area contributed by atoms with Crippen molar-refractivity contribution < 1.29 is 9.90 Å². The first-order valence-electron chi connectivity index (χ1n) is 3.70. The zero-order valence-corrected chi connectivity index (χ0v) is 6.50. The Balaban J connectivity index is 0.000000371. The molecular formula is C8H14O2. The van der Waals surface area contributed by atoms with Crippen molar-refractivity contribution in [1.29, 1.82) is 0 Å². The van der Waals surface area contributed by atoms with Crippen LogP contribution in [0.2, 0.25) is 0 Å². The molecule has 0 radical (unpaired) electrons. The van der Waals surface area contributed by atoms with Gasteiger partial charge >= 0.3 is 5.97 Å². The van der Waals surface area contributed by atoms with Gasteiger partial charge in [0.2, 0.25) is 0 Å². The van der Waals surface area contributed by atoms with Crippen molar-refractivity contribution in [2.24, 2.45) is 5.92 Å². The van der Waals surface area contributed by atoms with E-state index >= 15 is 0 Å². The van der Waals surface area contributed by atoms with Crippen molar-refractivity contribution in [1.82, 2.24) is 0 Å². The van der Waals surface area contributed by atoms with E-state index in [9.17, 15) is 4.79 Å². The van der Waals surface area contributed by atoms with Crippen LogP contribution in [0, 0.1) is 5.92 Å². The molecule has 0 bridgehead atoms. The topological polar surface area (TPSA) is 37.3 Å². The van der Waals surface area contributed by atoms with Crippen LogP contribution in [0.5, 0.6) is 0 Å². The molecule has 2 heteroatoms. The molecule has 1 N–H and O–H groups in total. The van der Waals surface area contributed by atoms with E-state index in [4.69, 9.17) is 5.11 Å². The summed E-state index contributed by atoms with van der Waals surface area (Å²) in [6.45, 7) is 4.00. The van der Waals surface area contributed by atoms with Gasteiger partial charge in [0.1, 0.15) is 0 Å². The number of carboxylic acids is 1.